The topological polar surface area (TPSA) is 29.3 Å². The molecule has 0 bridgehead atoms. The second-order valence-corrected chi connectivity index (χ2v) is 5.16. The van der Waals surface area contributed by atoms with Crippen molar-refractivity contribution in [3.63, 3.8) is 0 Å². The van der Waals surface area contributed by atoms with Crippen LogP contribution in [0.4, 0.5) is 5.69 Å². The Morgan fingerprint density at radius 2 is 1.84 bits per heavy atom. The number of aryl methyl sites for hydroxylation is 2. The smallest absolute Gasteiger partial charge is 0.0426 e. The molecule has 19 heavy (non-hydrogen) atoms. The van der Waals surface area contributed by atoms with Crippen LogP contribution in [0.15, 0.2) is 42.5 Å². The molecule has 2 N–H and O–H groups in total. The maximum Gasteiger partial charge on any atom is 0.0426 e. The third kappa shape index (κ3) is 3.36. The third-order valence-electron chi connectivity index (χ3n) is 3.49. The lowest BCUT2D eigenvalue weighted by atomic mass is 10.1. The van der Waals surface area contributed by atoms with Crippen LogP contribution in [-0.2, 0) is 13.1 Å². The van der Waals surface area contributed by atoms with E-state index in [1.807, 2.05) is 0 Å². The van der Waals surface area contributed by atoms with Crippen LogP contribution >= 0.6 is 0 Å². The van der Waals surface area contributed by atoms with E-state index in [0.29, 0.717) is 6.54 Å². The normalized spacial score (nSPS) is 10.5. The Kier molecular flexibility index (Phi) is 4.23. The fraction of sp³-hybridized carbons (Fsp3) is 0.294. The molecule has 0 unspecified atom stereocenters. The average molecular weight is 254 g/mol. The Bertz CT molecular complexity index is 561. The Hall–Kier alpha value is -1.80. The third-order valence-corrected chi connectivity index (χ3v) is 3.49. The van der Waals surface area contributed by atoms with Gasteiger partial charge in [-0.15, -0.1) is 0 Å². The lowest BCUT2D eigenvalue weighted by molar-refractivity contribution is 0.917. The number of rotatable bonds is 4. The summed E-state index contributed by atoms with van der Waals surface area (Å²) in [5.41, 5.74) is 12.1. The second-order valence-electron chi connectivity index (χ2n) is 5.16. The van der Waals surface area contributed by atoms with Crippen LogP contribution in [0.25, 0.3) is 0 Å². The van der Waals surface area contributed by atoms with Gasteiger partial charge >= 0.3 is 0 Å². The first-order valence-electron chi connectivity index (χ1n) is 6.66. The van der Waals surface area contributed by atoms with Gasteiger partial charge in [-0.3, -0.25) is 0 Å². The Morgan fingerprint density at radius 1 is 1.05 bits per heavy atom. The molecule has 0 aliphatic rings. The fourth-order valence-electron chi connectivity index (χ4n) is 2.32. The molecule has 0 amide bonds. The first-order chi connectivity index (χ1) is 9.10. The minimum Gasteiger partial charge on any atom is -0.370 e. The molecule has 2 aromatic rings. The van der Waals surface area contributed by atoms with E-state index in [1.54, 1.807) is 0 Å². The van der Waals surface area contributed by atoms with Gasteiger partial charge in [0, 0.05) is 25.8 Å². The van der Waals surface area contributed by atoms with Gasteiger partial charge in [0.25, 0.3) is 0 Å². The van der Waals surface area contributed by atoms with Crippen molar-refractivity contribution in [2.45, 2.75) is 26.9 Å². The molecular weight excluding hydrogens is 232 g/mol. The van der Waals surface area contributed by atoms with E-state index in [-0.39, 0.29) is 0 Å². The van der Waals surface area contributed by atoms with Crippen molar-refractivity contribution in [2.75, 3.05) is 11.9 Å². The van der Waals surface area contributed by atoms with Crippen LogP contribution in [0, 0.1) is 13.8 Å². The molecule has 0 aromatic heterocycles. The van der Waals surface area contributed by atoms with Crippen molar-refractivity contribution >= 4 is 5.69 Å². The van der Waals surface area contributed by atoms with Crippen molar-refractivity contribution in [3.05, 3.63) is 64.7 Å². The number of anilines is 1. The minimum atomic E-state index is 0.605. The Balaban J connectivity index is 2.15. The molecule has 0 aliphatic carbocycles. The van der Waals surface area contributed by atoms with E-state index in [0.717, 1.165) is 6.54 Å². The summed E-state index contributed by atoms with van der Waals surface area (Å²) >= 11 is 0. The molecule has 0 heterocycles. The highest BCUT2D eigenvalue weighted by molar-refractivity contribution is 5.50. The van der Waals surface area contributed by atoms with E-state index in [4.69, 9.17) is 5.73 Å². The molecule has 0 fully saturated rings. The highest BCUT2D eigenvalue weighted by Crippen LogP contribution is 2.20. The van der Waals surface area contributed by atoms with E-state index in [1.165, 1.54) is 27.9 Å². The van der Waals surface area contributed by atoms with E-state index in [2.05, 4.69) is 68.3 Å². The van der Waals surface area contributed by atoms with Crippen molar-refractivity contribution < 1.29 is 0 Å². The van der Waals surface area contributed by atoms with Crippen molar-refractivity contribution in [1.82, 2.24) is 0 Å². The summed E-state index contributed by atoms with van der Waals surface area (Å²) in [5, 5.41) is 0. The molecular formula is C17H22N2. The van der Waals surface area contributed by atoms with E-state index < -0.39 is 0 Å². The summed E-state index contributed by atoms with van der Waals surface area (Å²) in [6.07, 6.45) is 0. The van der Waals surface area contributed by atoms with Crippen LogP contribution in [-0.4, -0.2) is 7.05 Å². The zero-order valence-electron chi connectivity index (χ0n) is 12.0. The molecule has 0 saturated heterocycles. The summed E-state index contributed by atoms with van der Waals surface area (Å²) in [5.74, 6) is 0. The fourth-order valence-corrected chi connectivity index (χ4v) is 2.32. The van der Waals surface area contributed by atoms with Gasteiger partial charge < -0.3 is 10.6 Å². The van der Waals surface area contributed by atoms with Crippen LogP contribution in [0.2, 0.25) is 0 Å². The highest BCUT2D eigenvalue weighted by Gasteiger charge is 2.04. The van der Waals surface area contributed by atoms with Crippen molar-refractivity contribution in [3.8, 4) is 0 Å². The summed E-state index contributed by atoms with van der Waals surface area (Å²) < 4.78 is 0. The number of nitrogens with two attached hydrogens (primary N) is 1. The highest BCUT2D eigenvalue weighted by atomic mass is 15.1. The maximum absolute atomic E-state index is 5.70. The molecule has 0 atom stereocenters. The van der Waals surface area contributed by atoms with Gasteiger partial charge in [0.1, 0.15) is 0 Å². The van der Waals surface area contributed by atoms with Gasteiger partial charge in [0.05, 0.1) is 0 Å². The summed E-state index contributed by atoms with van der Waals surface area (Å²) in [6, 6.07) is 15.1. The molecule has 2 heteroatoms. The minimum absolute atomic E-state index is 0.605. The van der Waals surface area contributed by atoms with Crippen LogP contribution in [0.1, 0.15) is 22.3 Å². The van der Waals surface area contributed by atoms with Gasteiger partial charge in [0.2, 0.25) is 0 Å². The molecule has 100 valence electrons. The summed E-state index contributed by atoms with van der Waals surface area (Å²) in [4.78, 5) is 2.27. The number of hydrogen-bond donors (Lipinski definition) is 1. The van der Waals surface area contributed by atoms with Crippen LogP contribution in [0.3, 0.4) is 0 Å². The van der Waals surface area contributed by atoms with Gasteiger partial charge in [-0.05, 0) is 42.7 Å². The van der Waals surface area contributed by atoms with E-state index >= 15 is 0 Å². The zero-order valence-corrected chi connectivity index (χ0v) is 12.0. The SMILES string of the molecule is Cc1cccc(CN(C)c2ccc(CN)c(C)c2)c1. The van der Waals surface area contributed by atoms with E-state index in [9.17, 15) is 0 Å². The summed E-state index contributed by atoms with van der Waals surface area (Å²) in [7, 11) is 2.12. The molecule has 0 radical (unpaired) electrons. The largest absolute Gasteiger partial charge is 0.370 e. The number of benzene rings is 2. The average Bonchev–Trinajstić information content (AvgIpc) is 2.38. The Labute approximate surface area is 115 Å². The van der Waals surface area contributed by atoms with Crippen molar-refractivity contribution in [1.29, 1.82) is 0 Å². The Morgan fingerprint density at radius 3 is 2.47 bits per heavy atom. The molecule has 0 spiro atoms. The lowest BCUT2D eigenvalue weighted by Crippen LogP contribution is -2.16. The molecule has 2 nitrogen and oxygen atoms in total. The monoisotopic (exact) mass is 254 g/mol. The molecule has 2 rings (SSSR count). The van der Waals surface area contributed by atoms with Crippen LogP contribution < -0.4 is 10.6 Å². The second kappa shape index (κ2) is 5.89. The van der Waals surface area contributed by atoms with Gasteiger partial charge in [-0.1, -0.05) is 35.9 Å². The van der Waals surface area contributed by atoms with Gasteiger partial charge in [-0.25, -0.2) is 0 Å². The van der Waals surface area contributed by atoms with Crippen LogP contribution in [0.5, 0.6) is 0 Å². The predicted molar refractivity (Wildman–Crippen MR) is 82.4 cm³/mol. The summed E-state index contributed by atoms with van der Waals surface area (Å²) in [6.45, 7) is 5.77. The quantitative estimate of drug-likeness (QED) is 0.906. The first kappa shape index (κ1) is 13.6. The lowest BCUT2D eigenvalue weighted by Gasteiger charge is -2.21. The predicted octanol–water partition coefficient (Wildman–Crippen LogP) is 3.40. The maximum atomic E-state index is 5.70. The van der Waals surface area contributed by atoms with Crippen molar-refractivity contribution in [2.24, 2.45) is 5.73 Å². The first-order valence-corrected chi connectivity index (χ1v) is 6.66. The standard InChI is InChI=1S/C17H22N2/c1-13-5-4-6-15(9-13)12-19(3)17-8-7-16(11-18)14(2)10-17/h4-10H,11-12,18H2,1-3H3. The molecule has 0 saturated carbocycles. The zero-order chi connectivity index (χ0) is 13.8. The molecule has 2 aromatic carbocycles. The molecule has 0 aliphatic heterocycles. The number of hydrogen-bond acceptors (Lipinski definition) is 2. The van der Waals surface area contributed by atoms with Gasteiger partial charge in [-0.2, -0.15) is 0 Å². The number of nitrogens with zero attached hydrogens (tertiary/aromatic N) is 1. The van der Waals surface area contributed by atoms with Gasteiger partial charge in [0.15, 0.2) is 0 Å².